The van der Waals surface area contributed by atoms with Crippen LogP contribution in [0.5, 0.6) is 5.75 Å². The molecule has 0 bridgehead atoms. The van der Waals surface area contributed by atoms with Crippen LogP contribution in [0.2, 0.25) is 0 Å². The van der Waals surface area contributed by atoms with E-state index in [1.54, 1.807) is 10.9 Å². The Morgan fingerprint density at radius 2 is 2.50 bits per heavy atom. The first-order chi connectivity index (χ1) is 7.71. The third kappa shape index (κ3) is 3.21. The van der Waals surface area contributed by atoms with E-state index in [1.165, 1.54) is 13.3 Å². The molecule has 7 heteroatoms. The van der Waals surface area contributed by atoms with Gasteiger partial charge in [0.15, 0.2) is 5.75 Å². The minimum absolute atomic E-state index is 0.125. The number of aromatic nitrogens is 2. The van der Waals surface area contributed by atoms with Crippen LogP contribution in [0.25, 0.3) is 0 Å². The van der Waals surface area contributed by atoms with E-state index in [4.69, 9.17) is 15.3 Å². The lowest BCUT2D eigenvalue weighted by molar-refractivity contribution is -0.130. The third-order valence-corrected chi connectivity index (χ3v) is 1.96. The minimum Gasteiger partial charge on any atom is -0.475 e. The maximum atomic E-state index is 11.3. The van der Waals surface area contributed by atoms with E-state index >= 15 is 0 Å². The van der Waals surface area contributed by atoms with Crippen LogP contribution >= 0.6 is 0 Å². The van der Waals surface area contributed by atoms with Crippen molar-refractivity contribution >= 4 is 5.91 Å². The van der Waals surface area contributed by atoms with Crippen LogP contribution in [0.3, 0.4) is 0 Å². The van der Waals surface area contributed by atoms with Crippen LogP contribution in [0.1, 0.15) is 6.92 Å². The van der Waals surface area contributed by atoms with Crippen molar-refractivity contribution in [2.45, 2.75) is 19.6 Å². The Hall–Kier alpha value is -1.60. The minimum atomic E-state index is -0.774. The van der Waals surface area contributed by atoms with Crippen molar-refractivity contribution in [3.8, 4) is 5.75 Å². The molecular formula is C9H16N4O3. The molecule has 1 heterocycles. The second kappa shape index (κ2) is 6.09. The molecule has 0 saturated heterocycles. The first-order valence-corrected chi connectivity index (χ1v) is 4.89. The van der Waals surface area contributed by atoms with Gasteiger partial charge in [0.25, 0.3) is 5.91 Å². The maximum absolute atomic E-state index is 11.3. The molecule has 1 unspecified atom stereocenters. The number of hydrazine groups is 1. The summed E-state index contributed by atoms with van der Waals surface area (Å²) in [6.45, 7) is 2.82. The van der Waals surface area contributed by atoms with E-state index in [2.05, 4.69) is 5.10 Å². The van der Waals surface area contributed by atoms with Gasteiger partial charge in [-0.05, 0) is 6.92 Å². The lowest BCUT2D eigenvalue weighted by atomic mass is 10.3. The van der Waals surface area contributed by atoms with Crippen molar-refractivity contribution in [2.24, 2.45) is 5.84 Å². The topological polar surface area (TPSA) is 91.4 Å². The molecule has 1 amide bonds. The molecule has 1 rings (SSSR count). The zero-order chi connectivity index (χ0) is 12.0. The summed E-state index contributed by atoms with van der Waals surface area (Å²) in [5, 5.41) is 4.02. The van der Waals surface area contributed by atoms with Gasteiger partial charge in [-0.2, -0.15) is 5.10 Å². The summed E-state index contributed by atoms with van der Waals surface area (Å²) in [5.74, 6) is 5.10. The van der Waals surface area contributed by atoms with E-state index in [0.717, 1.165) is 6.54 Å². The fraction of sp³-hybridized carbons (Fsp3) is 0.556. The Labute approximate surface area is 93.5 Å². The van der Waals surface area contributed by atoms with Crippen molar-refractivity contribution in [1.82, 2.24) is 15.2 Å². The summed E-state index contributed by atoms with van der Waals surface area (Å²) in [7, 11) is 1.48. The van der Waals surface area contributed by atoms with Gasteiger partial charge in [-0.15, -0.1) is 0 Å². The summed E-state index contributed by atoms with van der Waals surface area (Å²) < 4.78 is 11.9. The van der Waals surface area contributed by atoms with E-state index < -0.39 is 12.0 Å². The van der Waals surface area contributed by atoms with Gasteiger partial charge in [0.05, 0.1) is 19.0 Å². The Morgan fingerprint density at radius 3 is 3.00 bits per heavy atom. The first kappa shape index (κ1) is 12.5. The van der Waals surface area contributed by atoms with Gasteiger partial charge in [0, 0.05) is 13.7 Å². The fourth-order valence-corrected chi connectivity index (χ4v) is 1.15. The van der Waals surface area contributed by atoms with Crippen molar-refractivity contribution in [2.75, 3.05) is 13.7 Å². The Balaban J connectivity index is 2.63. The molecule has 0 aliphatic carbocycles. The molecule has 0 fully saturated rings. The number of methoxy groups -OCH3 is 1. The largest absolute Gasteiger partial charge is 0.475 e. The van der Waals surface area contributed by atoms with Crippen molar-refractivity contribution in [1.29, 1.82) is 0 Å². The van der Waals surface area contributed by atoms with Gasteiger partial charge in [-0.25, -0.2) is 5.84 Å². The van der Waals surface area contributed by atoms with Crippen LogP contribution in [-0.4, -0.2) is 35.5 Å². The molecule has 0 aliphatic rings. The lowest BCUT2D eigenvalue weighted by Crippen LogP contribution is -2.44. The molecule has 1 aromatic rings. The fourth-order valence-electron chi connectivity index (χ4n) is 1.15. The van der Waals surface area contributed by atoms with Crippen molar-refractivity contribution in [3.05, 3.63) is 12.4 Å². The summed E-state index contributed by atoms with van der Waals surface area (Å²) >= 11 is 0. The molecular weight excluding hydrogens is 212 g/mol. The quantitative estimate of drug-likeness (QED) is 0.381. The van der Waals surface area contributed by atoms with Crippen molar-refractivity contribution < 1.29 is 14.3 Å². The van der Waals surface area contributed by atoms with Crippen LogP contribution in [0, 0.1) is 0 Å². The van der Waals surface area contributed by atoms with Crippen molar-refractivity contribution in [3.63, 3.8) is 0 Å². The monoisotopic (exact) mass is 228 g/mol. The number of nitrogens with one attached hydrogen (secondary N) is 1. The number of carbonyl (C=O) groups excluding carboxylic acids is 1. The third-order valence-electron chi connectivity index (χ3n) is 1.96. The predicted octanol–water partition coefficient (Wildman–Crippen LogP) is -0.713. The van der Waals surface area contributed by atoms with Gasteiger partial charge >= 0.3 is 0 Å². The highest BCUT2D eigenvalue weighted by molar-refractivity contribution is 5.80. The number of nitrogens with two attached hydrogens (primary N) is 1. The molecule has 1 aromatic heterocycles. The van der Waals surface area contributed by atoms with E-state index in [1.807, 2.05) is 12.3 Å². The highest BCUT2D eigenvalue weighted by atomic mass is 16.5. The molecule has 7 nitrogen and oxygen atoms in total. The van der Waals surface area contributed by atoms with Gasteiger partial charge in [-0.1, -0.05) is 0 Å². The number of rotatable bonds is 6. The molecule has 1 atom stereocenters. The van der Waals surface area contributed by atoms with Crippen LogP contribution in [-0.2, 0) is 16.1 Å². The molecule has 90 valence electrons. The van der Waals surface area contributed by atoms with E-state index in [-0.39, 0.29) is 6.61 Å². The molecule has 3 N–H and O–H groups in total. The zero-order valence-corrected chi connectivity index (χ0v) is 9.34. The van der Waals surface area contributed by atoms with Gasteiger partial charge in [0.2, 0.25) is 6.10 Å². The first-order valence-electron chi connectivity index (χ1n) is 4.89. The molecule has 0 aromatic carbocycles. The average Bonchev–Trinajstić information content (AvgIpc) is 2.75. The Kier molecular flexibility index (Phi) is 4.74. The number of aryl methyl sites for hydroxylation is 1. The lowest BCUT2D eigenvalue weighted by Gasteiger charge is -2.14. The molecule has 0 radical (unpaired) electrons. The number of carbonyl (C=O) groups is 1. The highest BCUT2D eigenvalue weighted by Crippen LogP contribution is 2.10. The predicted molar refractivity (Wildman–Crippen MR) is 56.5 cm³/mol. The second-order valence-electron chi connectivity index (χ2n) is 3.10. The van der Waals surface area contributed by atoms with E-state index in [0.29, 0.717) is 5.75 Å². The Bertz CT molecular complexity index is 339. The van der Waals surface area contributed by atoms with Gasteiger partial charge in [-0.3, -0.25) is 14.9 Å². The summed E-state index contributed by atoms with van der Waals surface area (Å²) in [5.41, 5.74) is 2.02. The van der Waals surface area contributed by atoms with Gasteiger partial charge in [0.1, 0.15) is 0 Å². The molecule has 0 spiro atoms. The van der Waals surface area contributed by atoms with Crippen LogP contribution in [0.4, 0.5) is 0 Å². The Morgan fingerprint density at radius 1 is 1.75 bits per heavy atom. The van der Waals surface area contributed by atoms with Crippen LogP contribution in [0.15, 0.2) is 12.4 Å². The van der Waals surface area contributed by atoms with E-state index in [9.17, 15) is 4.79 Å². The van der Waals surface area contributed by atoms with Crippen LogP contribution < -0.4 is 16.0 Å². The standard InChI is InChI=1S/C9H16N4O3/c1-3-13-5-7(4-11-13)16-8(6-15-2)9(14)12-10/h4-5,8H,3,6,10H2,1-2H3,(H,12,14). The molecule has 0 aliphatic heterocycles. The summed E-state index contributed by atoms with van der Waals surface area (Å²) in [6, 6.07) is 0. The molecule has 0 saturated carbocycles. The number of hydrogen-bond acceptors (Lipinski definition) is 5. The SMILES string of the molecule is CCn1cc(OC(COC)C(=O)NN)cn1. The zero-order valence-electron chi connectivity index (χ0n) is 9.34. The summed E-state index contributed by atoms with van der Waals surface area (Å²) in [6.07, 6.45) is 2.46. The van der Waals surface area contributed by atoms with Gasteiger partial charge < -0.3 is 9.47 Å². The number of nitrogens with zero attached hydrogens (tertiary/aromatic N) is 2. The smallest absolute Gasteiger partial charge is 0.277 e. The average molecular weight is 228 g/mol. The molecule has 16 heavy (non-hydrogen) atoms. The normalized spacial score (nSPS) is 12.2. The summed E-state index contributed by atoms with van der Waals surface area (Å²) in [4.78, 5) is 11.3. The maximum Gasteiger partial charge on any atom is 0.277 e. The highest BCUT2D eigenvalue weighted by Gasteiger charge is 2.19. The second-order valence-corrected chi connectivity index (χ2v) is 3.10. The number of amides is 1. The number of ether oxygens (including phenoxy) is 2. The number of hydrogen-bond donors (Lipinski definition) is 2.